The van der Waals surface area contributed by atoms with Gasteiger partial charge in [-0.15, -0.1) is 0 Å². The highest BCUT2D eigenvalue weighted by Crippen LogP contribution is 2.20. The molecule has 2 rings (SSSR count). The van der Waals surface area contributed by atoms with Crippen LogP contribution in [0.5, 0.6) is 0 Å². The van der Waals surface area contributed by atoms with E-state index in [0.29, 0.717) is 13.2 Å². The van der Waals surface area contributed by atoms with Crippen LogP contribution in [0, 0.1) is 0 Å². The highest BCUT2D eigenvalue weighted by atomic mass is 16.5. The second-order valence-electron chi connectivity index (χ2n) is 6.36. The fourth-order valence-corrected chi connectivity index (χ4v) is 2.44. The number of carbonyl (C=O) groups is 1. The van der Waals surface area contributed by atoms with Gasteiger partial charge in [0.15, 0.2) is 0 Å². The van der Waals surface area contributed by atoms with Crippen LogP contribution in [0.15, 0.2) is 30.3 Å². The second-order valence-corrected chi connectivity index (χ2v) is 6.36. The molecule has 1 N–H and O–H groups in total. The molecule has 2 unspecified atom stereocenters. The summed E-state index contributed by atoms with van der Waals surface area (Å²) in [5.74, 6) is -0.0346. The van der Waals surface area contributed by atoms with Gasteiger partial charge in [0.25, 0.3) is 0 Å². The predicted octanol–water partition coefficient (Wildman–Crippen LogP) is 2.67. The number of rotatable bonds is 6. The molecule has 1 aromatic rings. The zero-order valence-corrected chi connectivity index (χ0v) is 13.1. The zero-order valence-electron chi connectivity index (χ0n) is 13.1. The molecule has 4 nitrogen and oxygen atoms in total. The van der Waals surface area contributed by atoms with Crippen molar-refractivity contribution in [1.82, 2.24) is 5.32 Å². The Labute approximate surface area is 126 Å². The predicted molar refractivity (Wildman–Crippen MR) is 81.9 cm³/mol. The first-order chi connectivity index (χ1) is 9.96. The molecule has 1 amide bonds. The first-order valence-electron chi connectivity index (χ1n) is 7.55. The summed E-state index contributed by atoms with van der Waals surface area (Å²) in [6, 6.07) is 10.0. The Bertz CT molecular complexity index is 458. The summed E-state index contributed by atoms with van der Waals surface area (Å²) in [5.41, 5.74) is 0.730. The number of hydrogen-bond acceptors (Lipinski definition) is 3. The lowest BCUT2D eigenvalue weighted by Gasteiger charge is -2.27. The van der Waals surface area contributed by atoms with Gasteiger partial charge < -0.3 is 14.8 Å². The normalized spacial score (nSPS) is 22.2. The Balaban J connectivity index is 1.75. The van der Waals surface area contributed by atoms with E-state index in [-0.39, 0.29) is 18.1 Å². The molecule has 0 bridgehead atoms. The molecule has 1 aromatic carbocycles. The largest absolute Gasteiger partial charge is 0.374 e. The van der Waals surface area contributed by atoms with E-state index in [1.807, 2.05) is 51.1 Å². The minimum atomic E-state index is -0.402. The topological polar surface area (TPSA) is 47.6 Å². The van der Waals surface area contributed by atoms with Crippen molar-refractivity contribution in [3.05, 3.63) is 35.9 Å². The van der Waals surface area contributed by atoms with E-state index < -0.39 is 5.54 Å². The van der Waals surface area contributed by atoms with E-state index in [0.717, 1.165) is 18.4 Å². The molecule has 0 aromatic heterocycles. The van der Waals surface area contributed by atoms with Gasteiger partial charge in [0.1, 0.15) is 6.10 Å². The fourth-order valence-electron chi connectivity index (χ4n) is 2.44. The lowest BCUT2D eigenvalue weighted by Crippen LogP contribution is -2.50. The number of hydrogen-bond donors (Lipinski definition) is 1. The van der Waals surface area contributed by atoms with Gasteiger partial charge in [-0.05, 0) is 39.2 Å². The van der Waals surface area contributed by atoms with Gasteiger partial charge in [0, 0.05) is 0 Å². The third-order valence-corrected chi connectivity index (χ3v) is 3.56. The number of amides is 1. The Morgan fingerprint density at radius 1 is 1.33 bits per heavy atom. The standard InChI is InChI=1S/C17H25NO3/c1-13-9-10-15(21-13)16(19)18-17(2,3)12-20-11-14-7-5-4-6-8-14/h4-8,13,15H,9-12H2,1-3H3,(H,18,19). The van der Waals surface area contributed by atoms with Crippen LogP contribution in [0.3, 0.4) is 0 Å². The highest BCUT2D eigenvalue weighted by molar-refractivity contribution is 5.81. The van der Waals surface area contributed by atoms with E-state index in [1.165, 1.54) is 0 Å². The van der Waals surface area contributed by atoms with Gasteiger partial charge in [-0.3, -0.25) is 4.79 Å². The van der Waals surface area contributed by atoms with Crippen molar-refractivity contribution >= 4 is 5.91 Å². The molecule has 2 atom stereocenters. The molecule has 0 radical (unpaired) electrons. The smallest absolute Gasteiger partial charge is 0.249 e. The third kappa shape index (κ3) is 5.14. The average molecular weight is 291 g/mol. The van der Waals surface area contributed by atoms with Crippen molar-refractivity contribution < 1.29 is 14.3 Å². The lowest BCUT2D eigenvalue weighted by atomic mass is 10.1. The summed E-state index contributed by atoms with van der Waals surface area (Å²) in [6.45, 7) is 6.96. The summed E-state index contributed by atoms with van der Waals surface area (Å²) in [7, 11) is 0. The third-order valence-electron chi connectivity index (χ3n) is 3.56. The molecule has 0 spiro atoms. The molecular formula is C17H25NO3. The fraction of sp³-hybridized carbons (Fsp3) is 0.588. The highest BCUT2D eigenvalue weighted by Gasteiger charge is 2.31. The minimum Gasteiger partial charge on any atom is -0.374 e. The van der Waals surface area contributed by atoms with Crippen molar-refractivity contribution in [3.63, 3.8) is 0 Å². The number of nitrogens with one attached hydrogen (secondary N) is 1. The molecule has 1 aliphatic rings. The van der Waals surface area contributed by atoms with Crippen LogP contribution >= 0.6 is 0 Å². The maximum atomic E-state index is 12.1. The van der Waals surface area contributed by atoms with Crippen LogP contribution in [-0.2, 0) is 20.9 Å². The van der Waals surface area contributed by atoms with E-state index in [9.17, 15) is 4.79 Å². The van der Waals surface area contributed by atoms with Crippen LogP contribution in [-0.4, -0.2) is 30.3 Å². The number of carbonyl (C=O) groups excluding carboxylic acids is 1. The summed E-state index contributed by atoms with van der Waals surface area (Å²) in [6.07, 6.45) is 1.61. The van der Waals surface area contributed by atoms with E-state index in [1.54, 1.807) is 0 Å². The Morgan fingerprint density at radius 2 is 2.05 bits per heavy atom. The molecule has 116 valence electrons. The van der Waals surface area contributed by atoms with E-state index >= 15 is 0 Å². The summed E-state index contributed by atoms with van der Waals surface area (Å²) >= 11 is 0. The SMILES string of the molecule is CC1CCC(C(=O)NC(C)(C)COCc2ccccc2)O1. The Hall–Kier alpha value is -1.39. The van der Waals surface area contributed by atoms with Crippen molar-refractivity contribution in [3.8, 4) is 0 Å². The van der Waals surface area contributed by atoms with Gasteiger partial charge >= 0.3 is 0 Å². The van der Waals surface area contributed by atoms with E-state index in [2.05, 4.69) is 5.32 Å². The van der Waals surface area contributed by atoms with Crippen LogP contribution in [0.1, 0.15) is 39.2 Å². The van der Waals surface area contributed by atoms with Crippen molar-refractivity contribution in [2.24, 2.45) is 0 Å². The molecule has 1 fully saturated rings. The first-order valence-corrected chi connectivity index (χ1v) is 7.55. The van der Waals surface area contributed by atoms with Gasteiger partial charge in [0.05, 0.1) is 24.9 Å². The molecule has 0 aliphatic carbocycles. The monoisotopic (exact) mass is 291 g/mol. The quantitative estimate of drug-likeness (QED) is 0.876. The zero-order chi connectivity index (χ0) is 15.3. The van der Waals surface area contributed by atoms with Gasteiger partial charge in [0.2, 0.25) is 5.91 Å². The molecule has 1 heterocycles. The molecular weight excluding hydrogens is 266 g/mol. The van der Waals surface area contributed by atoms with Crippen LogP contribution in [0.2, 0.25) is 0 Å². The molecule has 1 aliphatic heterocycles. The average Bonchev–Trinajstić information content (AvgIpc) is 2.86. The molecule has 4 heteroatoms. The van der Waals surface area contributed by atoms with Crippen LogP contribution in [0.4, 0.5) is 0 Å². The lowest BCUT2D eigenvalue weighted by molar-refractivity contribution is -0.134. The summed E-state index contributed by atoms with van der Waals surface area (Å²) < 4.78 is 11.3. The van der Waals surface area contributed by atoms with Gasteiger partial charge in [-0.1, -0.05) is 30.3 Å². The number of benzene rings is 1. The van der Waals surface area contributed by atoms with Crippen molar-refractivity contribution in [2.75, 3.05) is 6.61 Å². The van der Waals surface area contributed by atoms with Crippen molar-refractivity contribution in [1.29, 1.82) is 0 Å². The Kier molecular flexibility index (Phi) is 5.37. The summed E-state index contributed by atoms with van der Waals surface area (Å²) in [5, 5.41) is 3.02. The minimum absolute atomic E-state index is 0.0346. The Morgan fingerprint density at radius 3 is 2.67 bits per heavy atom. The molecule has 1 saturated heterocycles. The van der Waals surface area contributed by atoms with Crippen LogP contribution in [0.25, 0.3) is 0 Å². The molecule has 0 saturated carbocycles. The van der Waals surface area contributed by atoms with Crippen LogP contribution < -0.4 is 5.32 Å². The van der Waals surface area contributed by atoms with Crippen molar-refractivity contribution in [2.45, 2.75) is 58.0 Å². The maximum Gasteiger partial charge on any atom is 0.249 e. The molecule has 21 heavy (non-hydrogen) atoms. The van der Waals surface area contributed by atoms with E-state index in [4.69, 9.17) is 9.47 Å². The van der Waals surface area contributed by atoms with Gasteiger partial charge in [-0.25, -0.2) is 0 Å². The second kappa shape index (κ2) is 7.05. The van der Waals surface area contributed by atoms with Gasteiger partial charge in [-0.2, -0.15) is 0 Å². The number of ether oxygens (including phenoxy) is 2. The maximum absolute atomic E-state index is 12.1. The first kappa shape index (κ1) is 16.0. The summed E-state index contributed by atoms with van der Waals surface area (Å²) in [4.78, 5) is 12.1.